The highest BCUT2D eigenvalue weighted by Gasteiger charge is 2.21. The van der Waals surface area contributed by atoms with Crippen molar-refractivity contribution in [2.75, 3.05) is 13.7 Å². The minimum absolute atomic E-state index is 0.128. The van der Waals surface area contributed by atoms with Crippen molar-refractivity contribution in [3.63, 3.8) is 0 Å². The summed E-state index contributed by atoms with van der Waals surface area (Å²) in [5.41, 5.74) is 0. The summed E-state index contributed by atoms with van der Waals surface area (Å²) in [6.45, 7) is 2.29. The quantitative estimate of drug-likeness (QED) is 0.296. The summed E-state index contributed by atoms with van der Waals surface area (Å²) in [4.78, 5) is 32.6. The summed E-state index contributed by atoms with van der Waals surface area (Å²) < 4.78 is 9.21. The normalized spacial score (nSPS) is 11.4. The fourth-order valence-corrected chi connectivity index (χ4v) is 1.19. The minimum atomic E-state index is -0.973. The first kappa shape index (κ1) is 14.6. The molecule has 0 bridgehead atoms. The highest BCUT2D eigenvalue weighted by molar-refractivity contribution is 6.33. The van der Waals surface area contributed by atoms with E-state index in [1.165, 1.54) is 7.11 Å². The van der Waals surface area contributed by atoms with Crippen LogP contribution in [0.15, 0.2) is 0 Å². The van der Waals surface area contributed by atoms with Crippen molar-refractivity contribution >= 4 is 27.9 Å². The molecule has 90 valence electrons. The predicted molar refractivity (Wildman–Crippen MR) is 57.4 cm³/mol. The van der Waals surface area contributed by atoms with Gasteiger partial charge in [0.2, 0.25) is 0 Å². The molecule has 0 saturated carbocycles. The Morgan fingerprint density at radius 1 is 1.50 bits per heavy atom. The first-order chi connectivity index (χ1) is 7.65. The second-order valence-corrected chi connectivity index (χ2v) is 4.07. The van der Waals surface area contributed by atoms with E-state index in [0.717, 1.165) is 6.04 Å². The smallest absolute Gasteiger partial charge is 0.407 e. The van der Waals surface area contributed by atoms with Gasteiger partial charge >= 0.3 is 12.1 Å². The van der Waals surface area contributed by atoms with Gasteiger partial charge in [0.15, 0.2) is 0 Å². The van der Waals surface area contributed by atoms with Crippen LogP contribution in [-0.4, -0.2) is 47.6 Å². The lowest BCUT2D eigenvalue weighted by atomic mass is 10.2. The first-order valence-electron chi connectivity index (χ1n) is 4.75. The average molecular weight is 245 g/mol. The van der Waals surface area contributed by atoms with Crippen LogP contribution in [0.25, 0.3) is 0 Å². The molecule has 0 aliphatic heterocycles. The molecule has 0 heterocycles. The van der Waals surface area contributed by atoms with Gasteiger partial charge in [-0.2, -0.15) is 0 Å². The van der Waals surface area contributed by atoms with Crippen molar-refractivity contribution < 1.29 is 23.9 Å². The first-order valence-corrected chi connectivity index (χ1v) is 6.45. The maximum absolute atomic E-state index is 11.2. The summed E-state index contributed by atoms with van der Waals surface area (Å²) in [5.74, 6) is -0.665. The molecule has 0 aliphatic rings. The number of carbonyl (C=O) groups excluding carboxylic acids is 3. The van der Waals surface area contributed by atoms with E-state index in [-0.39, 0.29) is 6.42 Å². The molecule has 16 heavy (non-hydrogen) atoms. The lowest BCUT2D eigenvalue weighted by Crippen LogP contribution is -2.42. The third-order valence-corrected chi connectivity index (χ3v) is 2.40. The molecular formula is C9H15NO5Si. The number of alkyl carbamates (subject to hydrolysis) is 1. The topological polar surface area (TPSA) is 81.7 Å². The van der Waals surface area contributed by atoms with Crippen LogP contribution in [0.1, 0.15) is 6.42 Å². The number of hydrogen-bond donors (Lipinski definition) is 1. The molecule has 0 saturated heterocycles. The Labute approximate surface area is 96.5 Å². The van der Waals surface area contributed by atoms with Crippen molar-refractivity contribution in [1.82, 2.24) is 5.32 Å². The molecule has 1 amide bonds. The number of methoxy groups -OCH3 is 1. The Kier molecular flexibility index (Phi) is 8.13. The average Bonchev–Trinajstić information content (AvgIpc) is 2.28. The number of amides is 1. The van der Waals surface area contributed by atoms with Gasteiger partial charge in [-0.05, 0) is 6.04 Å². The molecule has 1 atom stereocenters. The van der Waals surface area contributed by atoms with Gasteiger partial charge in [-0.3, -0.25) is 0 Å². The molecule has 1 N–H and O–H groups in total. The molecule has 2 radical (unpaired) electrons. The zero-order valence-electron chi connectivity index (χ0n) is 9.32. The predicted octanol–water partition coefficient (Wildman–Crippen LogP) is 0.0138. The number of rotatable bonds is 7. The Bertz CT molecular complexity index is 246. The van der Waals surface area contributed by atoms with Crippen LogP contribution >= 0.6 is 0 Å². The molecule has 0 unspecified atom stereocenters. The Hall–Kier alpha value is -1.37. The molecule has 0 fully saturated rings. The molecule has 0 spiro atoms. The zero-order chi connectivity index (χ0) is 12.4. The van der Waals surface area contributed by atoms with E-state index in [2.05, 4.69) is 10.1 Å². The van der Waals surface area contributed by atoms with Crippen LogP contribution in [0.5, 0.6) is 0 Å². The second-order valence-electron chi connectivity index (χ2n) is 2.86. The standard InChI is InChI=1S/C9H15NO5Si/c1-14-8(12)7(3-4-11)10-9(13)15-5-6-16-2/h4,7H,3,5-6H2,1-2H3,(H,10,13)/t7-/m0/s1. The molecular weight excluding hydrogens is 230 g/mol. The fraction of sp³-hybridized carbons (Fsp3) is 0.667. The largest absolute Gasteiger partial charge is 0.467 e. The van der Waals surface area contributed by atoms with Crippen LogP contribution in [-0.2, 0) is 19.1 Å². The highest BCUT2D eigenvalue weighted by atomic mass is 28.2. The van der Waals surface area contributed by atoms with Crippen molar-refractivity contribution in [1.29, 1.82) is 0 Å². The second kappa shape index (κ2) is 8.90. The summed E-state index contributed by atoms with van der Waals surface area (Å²) >= 11 is 0. The molecule has 0 aromatic heterocycles. The lowest BCUT2D eigenvalue weighted by molar-refractivity contribution is -0.143. The SMILES string of the molecule is COC(=O)[C@H](CC=O)NC(=O)OCC[Si]C. The van der Waals surface area contributed by atoms with Gasteiger partial charge in [0.1, 0.15) is 12.3 Å². The Balaban J connectivity index is 4.02. The van der Waals surface area contributed by atoms with Crippen LogP contribution in [0.3, 0.4) is 0 Å². The third kappa shape index (κ3) is 6.17. The summed E-state index contributed by atoms with van der Waals surface area (Å²) in [6.07, 6.45) is -0.303. The zero-order valence-corrected chi connectivity index (χ0v) is 10.3. The number of carbonyl (C=O) groups is 3. The number of hydrogen-bond acceptors (Lipinski definition) is 5. The number of ether oxygens (including phenoxy) is 2. The van der Waals surface area contributed by atoms with Crippen LogP contribution < -0.4 is 5.32 Å². The van der Waals surface area contributed by atoms with Crippen molar-refractivity contribution in [2.24, 2.45) is 0 Å². The van der Waals surface area contributed by atoms with Crippen molar-refractivity contribution in [3.8, 4) is 0 Å². The molecule has 0 aromatic rings. The minimum Gasteiger partial charge on any atom is -0.467 e. The fourth-order valence-electron chi connectivity index (χ4n) is 0.882. The van der Waals surface area contributed by atoms with Gasteiger partial charge in [-0.15, -0.1) is 0 Å². The highest BCUT2D eigenvalue weighted by Crippen LogP contribution is 1.94. The van der Waals surface area contributed by atoms with Gasteiger partial charge in [0.25, 0.3) is 0 Å². The molecule has 7 heteroatoms. The molecule has 6 nitrogen and oxygen atoms in total. The lowest BCUT2D eigenvalue weighted by Gasteiger charge is -2.13. The maximum Gasteiger partial charge on any atom is 0.407 e. The maximum atomic E-state index is 11.2. The van der Waals surface area contributed by atoms with E-state index in [9.17, 15) is 14.4 Å². The van der Waals surface area contributed by atoms with E-state index in [1.807, 2.05) is 6.55 Å². The Morgan fingerprint density at radius 3 is 2.69 bits per heavy atom. The number of esters is 1. The monoisotopic (exact) mass is 245 g/mol. The summed E-state index contributed by atoms with van der Waals surface area (Å²) in [5, 5.41) is 2.26. The van der Waals surface area contributed by atoms with Gasteiger partial charge < -0.3 is 19.6 Å². The van der Waals surface area contributed by atoms with Crippen molar-refractivity contribution in [3.05, 3.63) is 0 Å². The Morgan fingerprint density at radius 2 is 2.19 bits per heavy atom. The molecule has 0 rings (SSSR count). The van der Waals surface area contributed by atoms with Crippen molar-refractivity contribution in [2.45, 2.75) is 25.1 Å². The number of nitrogens with one attached hydrogen (secondary N) is 1. The van der Waals surface area contributed by atoms with Gasteiger partial charge in [0.05, 0.1) is 13.7 Å². The van der Waals surface area contributed by atoms with Crippen LogP contribution in [0, 0.1) is 0 Å². The van der Waals surface area contributed by atoms with Crippen LogP contribution in [0.2, 0.25) is 12.6 Å². The molecule has 0 aliphatic carbocycles. The van der Waals surface area contributed by atoms with E-state index in [1.54, 1.807) is 0 Å². The van der Waals surface area contributed by atoms with Gasteiger partial charge in [-0.1, -0.05) is 6.55 Å². The van der Waals surface area contributed by atoms with E-state index in [4.69, 9.17) is 4.74 Å². The van der Waals surface area contributed by atoms with Gasteiger partial charge in [-0.25, -0.2) is 9.59 Å². The van der Waals surface area contributed by atoms with E-state index < -0.39 is 18.1 Å². The van der Waals surface area contributed by atoms with E-state index in [0.29, 0.717) is 22.4 Å². The summed E-state index contributed by atoms with van der Waals surface area (Å²) in [6, 6.07) is -0.191. The summed E-state index contributed by atoms with van der Waals surface area (Å²) in [7, 11) is 1.88. The van der Waals surface area contributed by atoms with Crippen LogP contribution in [0.4, 0.5) is 4.79 Å². The number of aldehydes is 1. The molecule has 0 aromatic carbocycles. The third-order valence-electron chi connectivity index (χ3n) is 1.69. The van der Waals surface area contributed by atoms with Gasteiger partial charge in [0, 0.05) is 15.9 Å². The van der Waals surface area contributed by atoms with E-state index >= 15 is 0 Å².